The highest BCUT2D eigenvalue weighted by molar-refractivity contribution is 5.82. The molecule has 4 nitrogen and oxygen atoms in total. The molecule has 1 saturated heterocycles. The molecule has 0 unspecified atom stereocenters. The van der Waals surface area contributed by atoms with Gasteiger partial charge >= 0.3 is 0 Å². The van der Waals surface area contributed by atoms with Gasteiger partial charge in [0.1, 0.15) is 5.78 Å². The molecule has 0 aromatic carbocycles. The second-order valence-electron chi connectivity index (χ2n) is 5.08. The minimum Gasteiger partial charge on any atom is -0.340 e. The van der Waals surface area contributed by atoms with E-state index in [0.717, 1.165) is 25.5 Å². The highest BCUT2D eigenvalue weighted by Crippen LogP contribution is 2.36. The number of rotatable bonds is 3. The molecule has 0 N–H and O–H groups in total. The van der Waals surface area contributed by atoms with Crippen LogP contribution >= 0.6 is 0 Å². The van der Waals surface area contributed by atoms with Crippen LogP contribution in [0.4, 0.5) is 10.3 Å². The molecule has 92 valence electrons. The van der Waals surface area contributed by atoms with Crippen molar-refractivity contribution in [2.24, 2.45) is 11.3 Å². The van der Waals surface area contributed by atoms with Crippen molar-refractivity contribution >= 4 is 11.7 Å². The first kappa shape index (κ1) is 12.0. The largest absolute Gasteiger partial charge is 0.340 e. The highest BCUT2D eigenvalue weighted by atomic mass is 19.1. The first-order chi connectivity index (χ1) is 7.91. The smallest absolute Gasteiger partial charge is 0.225 e. The molecule has 1 aromatic rings. The number of anilines is 1. The molecule has 0 amide bonds. The molecular formula is C12H16FN3O. The number of nitrogens with zero attached hydrogens (tertiary/aromatic N) is 3. The Labute approximate surface area is 99.9 Å². The predicted octanol–water partition coefficient (Wildman–Crippen LogP) is 1.67. The maximum Gasteiger partial charge on any atom is 0.225 e. The van der Waals surface area contributed by atoms with Gasteiger partial charge in [0.15, 0.2) is 5.82 Å². The van der Waals surface area contributed by atoms with Crippen LogP contribution in [0.5, 0.6) is 0 Å². The lowest BCUT2D eigenvalue weighted by Gasteiger charge is -2.46. The first-order valence-electron chi connectivity index (χ1n) is 5.65. The van der Waals surface area contributed by atoms with Crippen molar-refractivity contribution in [3.05, 3.63) is 18.2 Å². The molecule has 0 bridgehead atoms. The van der Waals surface area contributed by atoms with Gasteiger partial charge in [0.05, 0.1) is 12.4 Å². The summed E-state index contributed by atoms with van der Waals surface area (Å²) in [4.78, 5) is 21.3. The molecule has 17 heavy (non-hydrogen) atoms. The SMILES string of the molecule is CC(=O)C(C)(C)C1CN(c2ncc(F)cn2)C1. The van der Waals surface area contributed by atoms with Gasteiger partial charge in [-0.15, -0.1) is 0 Å². The Kier molecular flexibility index (Phi) is 2.85. The van der Waals surface area contributed by atoms with Gasteiger partial charge in [0.2, 0.25) is 5.95 Å². The predicted molar refractivity (Wildman–Crippen MR) is 62.2 cm³/mol. The van der Waals surface area contributed by atoms with Gasteiger partial charge < -0.3 is 4.90 Å². The van der Waals surface area contributed by atoms with E-state index in [1.807, 2.05) is 18.7 Å². The second-order valence-corrected chi connectivity index (χ2v) is 5.08. The van der Waals surface area contributed by atoms with E-state index in [1.54, 1.807) is 6.92 Å². The number of carbonyl (C=O) groups is 1. The third-order valence-corrected chi connectivity index (χ3v) is 3.70. The van der Waals surface area contributed by atoms with Gasteiger partial charge in [-0.05, 0) is 6.92 Å². The standard InChI is InChI=1S/C12H16FN3O/c1-8(17)12(2,3)9-6-16(7-9)11-14-4-10(13)5-15-11/h4-5,9H,6-7H2,1-3H3. The molecular weight excluding hydrogens is 221 g/mol. The molecule has 2 rings (SSSR count). The topological polar surface area (TPSA) is 46.1 Å². The van der Waals surface area contributed by atoms with Crippen molar-refractivity contribution < 1.29 is 9.18 Å². The van der Waals surface area contributed by atoms with Crippen molar-refractivity contribution in [1.82, 2.24) is 9.97 Å². The van der Waals surface area contributed by atoms with Crippen LogP contribution < -0.4 is 4.90 Å². The minimum absolute atomic E-state index is 0.196. The minimum atomic E-state index is -0.435. The summed E-state index contributed by atoms with van der Waals surface area (Å²) in [6, 6.07) is 0. The van der Waals surface area contributed by atoms with Crippen LogP contribution in [0.2, 0.25) is 0 Å². The zero-order valence-corrected chi connectivity index (χ0v) is 10.3. The van der Waals surface area contributed by atoms with Gasteiger partial charge in [-0.2, -0.15) is 0 Å². The molecule has 0 saturated carbocycles. The molecule has 1 aliphatic heterocycles. The van der Waals surface area contributed by atoms with Crippen LogP contribution in [0.1, 0.15) is 20.8 Å². The van der Waals surface area contributed by atoms with E-state index in [9.17, 15) is 9.18 Å². The van der Waals surface area contributed by atoms with E-state index in [0.29, 0.717) is 11.9 Å². The van der Waals surface area contributed by atoms with Crippen molar-refractivity contribution in [3.8, 4) is 0 Å². The Morgan fingerprint density at radius 1 is 1.41 bits per heavy atom. The van der Waals surface area contributed by atoms with Crippen molar-refractivity contribution in [1.29, 1.82) is 0 Å². The summed E-state index contributed by atoms with van der Waals surface area (Å²) < 4.78 is 12.7. The average Bonchev–Trinajstić information content (AvgIpc) is 2.18. The fourth-order valence-electron chi connectivity index (χ4n) is 1.85. The van der Waals surface area contributed by atoms with Gasteiger partial charge in [-0.25, -0.2) is 14.4 Å². The van der Waals surface area contributed by atoms with E-state index in [-0.39, 0.29) is 11.2 Å². The van der Waals surface area contributed by atoms with Gasteiger partial charge in [0, 0.05) is 24.4 Å². The van der Waals surface area contributed by atoms with E-state index in [4.69, 9.17) is 0 Å². The number of ketones is 1. The third-order valence-electron chi connectivity index (χ3n) is 3.70. The summed E-state index contributed by atoms with van der Waals surface area (Å²) in [7, 11) is 0. The Bertz CT molecular complexity index is 424. The number of hydrogen-bond acceptors (Lipinski definition) is 4. The second kappa shape index (κ2) is 4.05. The summed E-state index contributed by atoms with van der Waals surface area (Å²) >= 11 is 0. The molecule has 0 radical (unpaired) electrons. The summed E-state index contributed by atoms with van der Waals surface area (Å²) in [6.07, 6.45) is 2.32. The number of aromatic nitrogens is 2. The fraction of sp³-hybridized carbons (Fsp3) is 0.583. The van der Waals surface area contributed by atoms with Crippen LogP contribution in [-0.2, 0) is 4.79 Å². The maximum atomic E-state index is 12.7. The Morgan fingerprint density at radius 3 is 2.41 bits per heavy atom. The average molecular weight is 237 g/mol. The van der Waals surface area contributed by atoms with Crippen molar-refractivity contribution in [3.63, 3.8) is 0 Å². The highest BCUT2D eigenvalue weighted by Gasteiger charge is 2.42. The van der Waals surface area contributed by atoms with Gasteiger partial charge in [-0.1, -0.05) is 13.8 Å². The number of halogens is 1. The monoisotopic (exact) mass is 237 g/mol. The molecule has 1 fully saturated rings. The van der Waals surface area contributed by atoms with E-state index < -0.39 is 5.82 Å². The molecule has 5 heteroatoms. The molecule has 1 aliphatic rings. The van der Waals surface area contributed by atoms with E-state index >= 15 is 0 Å². The molecule has 1 aromatic heterocycles. The number of hydrogen-bond donors (Lipinski definition) is 0. The lowest BCUT2D eigenvalue weighted by Crippen LogP contribution is -2.55. The number of Topliss-reactive ketones (excluding diaryl/α,β-unsaturated/α-hetero) is 1. The fourth-order valence-corrected chi connectivity index (χ4v) is 1.85. The zero-order chi connectivity index (χ0) is 12.6. The molecule has 2 heterocycles. The van der Waals surface area contributed by atoms with Gasteiger partial charge in [0.25, 0.3) is 0 Å². The summed E-state index contributed by atoms with van der Waals surface area (Å²) in [5.41, 5.74) is -0.309. The van der Waals surface area contributed by atoms with E-state index in [1.165, 1.54) is 0 Å². The summed E-state index contributed by atoms with van der Waals surface area (Å²) in [6.45, 7) is 7.04. The van der Waals surface area contributed by atoms with Crippen molar-refractivity contribution in [2.45, 2.75) is 20.8 Å². The van der Waals surface area contributed by atoms with Crippen LogP contribution in [0, 0.1) is 17.2 Å². The quantitative estimate of drug-likeness (QED) is 0.802. The first-order valence-corrected chi connectivity index (χ1v) is 5.65. The number of carbonyl (C=O) groups excluding carboxylic acids is 1. The van der Waals surface area contributed by atoms with Crippen molar-refractivity contribution in [2.75, 3.05) is 18.0 Å². The Morgan fingerprint density at radius 2 is 1.94 bits per heavy atom. The molecule has 0 spiro atoms. The van der Waals surface area contributed by atoms with Crippen LogP contribution in [0.25, 0.3) is 0 Å². The maximum absolute atomic E-state index is 12.7. The third kappa shape index (κ3) is 2.14. The summed E-state index contributed by atoms with van der Waals surface area (Å²) in [5, 5.41) is 0. The van der Waals surface area contributed by atoms with Crippen LogP contribution in [-0.4, -0.2) is 28.8 Å². The molecule has 0 atom stereocenters. The van der Waals surface area contributed by atoms with E-state index in [2.05, 4.69) is 9.97 Å². The lowest BCUT2D eigenvalue weighted by atomic mass is 9.72. The zero-order valence-electron chi connectivity index (χ0n) is 10.3. The Hall–Kier alpha value is -1.52. The lowest BCUT2D eigenvalue weighted by molar-refractivity contribution is -0.128. The normalized spacial score (nSPS) is 16.8. The molecule has 0 aliphatic carbocycles. The Balaban J connectivity index is 1.99. The van der Waals surface area contributed by atoms with Crippen LogP contribution in [0.15, 0.2) is 12.4 Å². The van der Waals surface area contributed by atoms with Crippen LogP contribution in [0.3, 0.4) is 0 Å². The summed E-state index contributed by atoms with van der Waals surface area (Å²) in [5.74, 6) is 0.604. The van der Waals surface area contributed by atoms with Gasteiger partial charge in [-0.3, -0.25) is 4.79 Å².